The van der Waals surface area contributed by atoms with Crippen molar-refractivity contribution in [2.75, 3.05) is 24.7 Å². The Balaban J connectivity index is 1.34. The summed E-state index contributed by atoms with van der Waals surface area (Å²) in [5.41, 5.74) is 2.29. The smallest absolute Gasteiger partial charge is 0.453 e. The summed E-state index contributed by atoms with van der Waals surface area (Å²) < 4.78 is 100.0. The fourth-order valence-electron chi connectivity index (χ4n) is 5.77. The highest BCUT2D eigenvalue weighted by molar-refractivity contribution is 7.91. The number of sulfone groups is 1. The summed E-state index contributed by atoms with van der Waals surface area (Å²) >= 11 is 0. The minimum atomic E-state index is -5.70. The van der Waals surface area contributed by atoms with E-state index in [-0.39, 0.29) is 29.6 Å². The molecule has 1 aliphatic rings. The zero-order chi connectivity index (χ0) is 32.9. The lowest BCUT2D eigenvalue weighted by molar-refractivity contribution is -0.284. The topological polar surface area (TPSA) is 93.1 Å². The number of ether oxygens (including phenoxy) is 2. The number of fused-ring (bicyclic) bond motifs is 1. The van der Waals surface area contributed by atoms with E-state index in [9.17, 15) is 40.6 Å². The highest BCUT2D eigenvalue weighted by Crippen LogP contribution is 2.49. The number of rotatable bonds is 14. The number of aromatic hydroxyl groups is 2. The molecule has 0 amide bonds. The lowest BCUT2D eigenvalue weighted by Crippen LogP contribution is -2.40. The van der Waals surface area contributed by atoms with E-state index in [1.165, 1.54) is 0 Å². The van der Waals surface area contributed by atoms with E-state index in [0.29, 0.717) is 44.0 Å². The predicted octanol–water partition coefficient (Wildman–Crippen LogP) is 7.72. The van der Waals surface area contributed by atoms with Gasteiger partial charge in [0.1, 0.15) is 32.8 Å². The SMILES string of the molecule is CC1(c2ccc(O)cc2)COc2cc(O)ccc2C1CCCOc1ccccc1CCCS(=O)(=O)CCCC(F)(F)C(F)(F)F. The van der Waals surface area contributed by atoms with Crippen LogP contribution in [0, 0.1) is 0 Å². The summed E-state index contributed by atoms with van der Waals surface area (Å²) in [7, 11) is -3.81. The minimum absolute atomic E-state index is 0.00604. The highest BCUT2D eigenvalue weighted by atomic mass is 32.2. The number of phenols is 2. The Morgan fingerprint density at radius 3 is 2.29 bits per heavy atom. The number of hydrogen-bond donors (Lipinski definition) is 2. The van der Waals surface area contributed by atoms with Crippen LogP contribution in [-0.4, -0.2) is 55.4 Å². The molecule has 0 aromatic heterocycles. The number of aryl methyl sites for hydroxylation is 1. The van der Waals surface area contributed by atoms with Gasteiger partial charge in [-0.3, -0.25) is 0 Å². The van der Waals surface area contributed by atoms with Crippen molar-refractivity contribution in [1.29, 1.82) is 0 Å². The molecular formula is C33H37F5O6S. The first-order valence-electron chi connectivity index (χ1n) is 14.7. The molecule has 2 N–H and O–H groups in total. The highest BCUT2D eigenvalue weighted by Gasteiger charge is 2.56. The molecule has 0 spiro atoms. The van der Waals surface area contributed by atoms with E-state index < -0.39 is 45.9 Å². The normalized spacial score (nSPS) is 18.7. The molecular weight excluding hydrogens is 619 g/mol. The summed E-state index contributed by atoms with van der Waals surface area (Å²) in [4.78, 5) is 0. The van der Waals surface area contributed by atoms with Crippen LogP contribution in [0.2, 0.25) is 0 Å². The maximum atomic E-state index is 13.1. The van der Waals surface area contributed by atoms with Gasteiger partial charge in [0.2, 0.25) is 0 Å². The van der Waals surface area contributed by atoms with Gasteiger partial charge in [-0.25, -0.2) is 8.42 Å². The molecule has 3 aromatic carbocycles. The van der Waals surface area contributed by atoms with Crippen LogP contribution in [0.5, 0.6) is 23.0 Å². The zero-order valence-electron chi connectivity index (χ0n) is 24.8. The van der Waals surface area contributed by atoms with Gasteiger partial charge >= 0.3 is 12.1 Å². The van der Waals surface area contributed by atoms with E-state index in [2.05, 4.69) is 6.92 Å². The molecule has 0 saturated heterocycles. The maximum Gasteiger partial charge on any atom is 0.453 e. The van der Waals surface area contributed by atoms with Gasteiger partial charge in [0.05, 0.1) is 24.7 Å². The third-order valence-corrected chi connectivity index (χ3v) is 10.1. The van der Waals surface area contributed by atoms with Crippen molar-refractivity contribution >= 4 is 9.84 Å². The van der Waals surface area contributed by atoms with Gasteiger partial charge in [-0.15, -0.1) is 0 Å². The minimum Gasteiger partial charge on any atom is -0.508 e. The van der Waals surface area contributed by atoms with Crippen LogP contribution >= 0.6 is 0 Å². The molecule has 45 heavy (non-hydrogen) atoms. The van der Waals surface area contributed by atoms with Crippen molar-refractivity contribution in [2.45, 2.75) is 68.9 Å². The van der Waals surface area contributed by atoms with Gasteiger partial charge in [0.25, 0.3) is 0 Å². The monoisotopic (exact) mass is 656 g/mol. The van der Waals surface area contributed by atoms with Crippen molar-refractivity contribution in [1.82, 2.24) is 0 Å². The van der Waals surface area contributed by atoms with Gasteiger partial charge in [0.15, 0.2) is 0 Å². The van der Waals surface area contributed by atoms with Crippen LogP contribution in [0.3, 0.4) is 0 Å². The standard InChI is InChI=1S/C33H37F5O6S/c1-31(24-11-13-25(39)14-12-24)22-44-30-21-26(40)15-16-27(30)28(31)9-4-18-43-29-10-3-2-7-23(29)8-5-19-45(41,42)20-6-17-32(34,35)33(36,37)38/h2-3,7,10-16,21,28,39-40H,4-6,8-9,17-20,22H2,1H3. The average Bonchev–Trinajstić information content (AvgIpc) is 2.96. The number of halogens is 5. The van der Waals surface area contributed by atoms with Crippen molar-refractivity contribution in [3.63, 3.8) is 0 Å². The quantitative estimate of drug-likeness (QED) is 0.136. The Labute approximate surface area is 259 Å². The average molecular weight is 657 g/mol. The Hall–Kier alpha value is -3.54. The summed E-state index contributed by atoms with van der Waals surface area (Å²) in [6, 6.07) is 19.3. The molecule has 1 aliphatic heterocycles. The summed E-state index contributed by atoms with van der Waals surface area (Å²) in [5.74, 6) is -4.52. The second-order valence-corrected chi connectivity index (χ2v) is 14.0. The molecule has 0 bridgehead atoms. The van der Waals surface area contributed by atoms with Crippen LogP contribution in [0.15, 0.2) is 66.7 Å². The van der Waals surface area contributed by atoms with Crippen LogP contribution in [-0.2, 0) is 21.7 Å². The summed E-state index contributed by atoms with van der Waals surface area (Å²) in [6.07, 6.45) is -6.19. The first-order valence-corrected chi connectivity index (χ1v) is 16.5. The van der Waals surface area contributed by atoms with Gasteiger partial charge < -0.3 is 19.7 Å². The predicted molar refractivity (Wildman–Crippen MR) is 160 cm³/mol. The molecule has 12 heteroatoms. The second kappa shape index (κ2) is 13.8. The Bertz CT molecular complexity index is 1540. The molecule has 2 atom stereocenters. The largest absolute Gasteiger partial charge is 0.508 e. The zero-order valence-corrected chi connectivity index (χ0v) is 25.6. The van der Waals surface area contributed by atoms with Crippen molar-refractivity contribution < 1.29 is 50.1 Å². The number of alkyl halides is 5. The molecule has 0 radical (unpaired) electrons. The second-order valence-electron chi connectivity index (χ2n) is 11.7. The van der Waals surface area contributed by atoms with E-state index in [1.807, 2.05) is 18.2 Å². The van der Waals surface area contributed by atoms with E-state index >= 15 is 0 Å². The molecule has 0 saturated carbocycles. The number of benzene rings is 3. The number of phenolic OH excluding ortho intramolecular Hbond substituents is 2. The van der Waals surface area contributed by atoms with E-state index in [1.54, 1.807) is 48.5 Å². The first kappa shape index (κ1) is 34.3. The fourth-order valence-corrected chi connectivity index (χ4v) is 7.14. The third-order valence-electron chi connectivity index (χ3n) is 8.33. The molecule has 0 fully saturated rings. The summed E-state index contributed by atoms with van der Waals surface area (Å²) in [5, 5.41) is 19.8. The lowest BCUT2D eigenvalue weighted by atomic mass is 9.66. The van der Waals surface area contributed by atoms with Crippen molar-refractivity contribution in [2.24, 2.45) is 0 Å². The van der Waals surface area contributed by atoms with Gasteiger partial charge in [0, 0.05) is 23.8 Å². The Kier molecular flexibility index (Phi) is 10.6. The first-order chi connectivity index (χ1) is 21.1. The Morgan fingerprint density at radius 2 is 1.58 bits per heavy atom. The van der Waals surface area contributed by atoms with Crippen molar-refractivity contribution in [3.05, 3.63) is 83.4 Å². The third kappa shape index (κ3) is 8.59. The molecule has 2 unspecified atom stereocenters. The fraction of sp³-hybridized carbons (Fsp3) is 0.455. The van der Waals surface area contributed by atoms with E-state index in [4.69, 9.17) is 9.47 Å². The van der Waals surface area contributed by atoms with Crippen LogP contribution < -0.4 is 9.47 Å². The molecule has 0 aliphatic carbocycles. The van der Waals surface area contributed by atoms with Gasteiger partial charge in [-0.05, 0) is 73.1 Å². The van der Waals surface area contributed by atoms with Crippen LogP contribution in [0.4, 0.5) is 22.0 Å². The molecule has 6 nitrogen and oxygen atoms in total. The molecule has 4 rings (SSSR count). The van der Waals surface area contributed by atoms with Crippen LogP contribution in [0.1, 0.15) is 61.6 Å². The Morgan fingerprint density at radius 1 is 0.911 bits per heavy atom. The van der Waals surface area contributed by atoms with Gasteiger partial charge in [-0.2, -0.15) is 22.0 Å². The van der Waals surface area contributed by atoms with Gasteiger partial charge in [-0.1, -0.05) is 43.3 Å². The molecule has 1 heterocycles. The number of hydrogen-bond acceptors (Lipinski definition) is 6. The maximum absolute atomic E-state index is 13.1. The van der Waals surface area contributed by atoms with Crippen LogP contribution in [0.25, 0.3) is 0 Å². The summed E-state index contributed by atoms with van der Waals surface area (Å²) in [6.45, 7) is 2.83. The molecule has 3 aromatic rings. The molecule has 246 valence electrons. The lowest BCUT2D eigenvalue weighted by Gasteiger charge is -2.43. The van der Waals surface area contributed by atoms with E-state index in [0.717, 1.165) is 16.7 Å². The number of para-hydroxylation sites is 1. The van der Waals surface area contributed by atoms with Crippen molar-refractivity contribution in [3.8, 4) is 23.0 Å².